The summed E-state index contributed by atoms with van der Waals surface area (Å²) in [6, 6.07) is 1.77. The first-order chi connectivity index (χ1) is 13.0. The van der Waals surface area contributed by atoms with Gasteiger partial charge in [0.25, 0.3) is 17.2 Å². The molecule has 1 fully saturated rings. The Kier molecular flexibility index (Phi) is 4.18. The molecule has 3 aromatic heterocycles. The van der Waals surface area contributed by atoms with Crippen LogP contribution in [0.2, 0.25) is 0 Å². The van der Waals surface area contributed by atoms with Crippen molar-refractivity contribution in [1.29, 1.82) is 0 Å². The number of piperidine rings is 1. The number of nitrogens with zero attached hydrogens (tertiary/aromatic N) is 6. The molecule has 4 rings (SSSR count). The standard InChI is InChI=1S/C16H17N7O4/c24-13(25)8-22-5-3-12(20-22)10-2-1-4-21(7-10)14(26)11-6-17-16-18-9-19-23(16)15(11)27/h3,5-6,9-10H,1-2,4,7-8H2,(H,24,25)(H,17,18,19). The number of amides is 1. The molecule has 0 bridgehead atoms. The third-order valence-corrected chi connectivity index (χ3v) is 4.63. The van der Waals surface area contributed by atoms with E-state index in [0.29, 0.717) is 13.1 Å². The van der Waals surface area contributed by atoms with Crippen molar-refractivity contribution in [2.75, 3.05) is 13.1 Å². The predicted molar refractivity (Wildman–Crippen MR) is 91.3 cm³/mol. The number of carboxylic acid groups (broad SMARTS) is 1. The Morgan fingerprint density at radius 2 is 2.19 bits per heavy atom. The Bertz CT molecular complexity index is 1070. The minimum Gasteiger partial charge on any atom is -0.480 e. The van der Waals surface area contributed by atoms with Gasteiger partial charge in [0, 0.05) is 31.4 Å². The van der Waals surface area contributed by atoms with Crippen molar-refractivity contribution in [1.82, 2.24) is 34.3 Å². The van der Waals surface area contributed by atoms with E-state index < -0.39 is 11.5 Å². The Morgan fingerprint density at radius 1 is 1.33 bits per heavy atom. The van der Waals surface area contributed by atoms with E-state index in [0.717, 1.165) is 23.1 Å². The molecule has 1 aliphatic rings. The van der Waals surface area contributed by atoms with Gasteiger partial charge >= 0.3 is 5.97 Å². The summed E-state index contributed by atoms with van der Waals surface area (Å²) in [7, 11) is 0. The fourth-order valence-electron chi connectivity index (χ4n) is 3.34. The summed E-state index contributed by atoms with van der Waals surface area (Å²) >= 11 is 0. The van der Waals surface area contributed by atoms with Crippen molar-refractivity contribution in [3.8, 4) is 0 Å². The lowest BCUT2D eigenvalue weighted by molar-refractivity contribution is -0.137. The van der Waals surface area contributed by atoms with E-state index in [-0.39, 0.29) is 29.7 Å². The van der Waals surface area contributed by atoms with Crippen LogP contribution in [0.25, 0.3) is 5.78 Å². The molecular formula is C16H17N7O4. The summed E-state index contributed by atoms with van der Waals surface area (Å²) in [5, 5.41) is 15.8. The Labute approximate surface area is 152 Å². The minimum atomic E-state index is -0.965. The molecule has 1 atom stereocenters. The van der Waals surface area contributed by atoms with Crippen molar-refractivity contribution in [3.63, 3.8) is 0 Å². The molecule has 1 unspecified atom stereocenters. The molecule has 140 valence electrons. The number of aromatic nitrogens is 6. The molecule has 1 saturated heterocycles. The third kappa shape index (κ3) is 3.18. The molecule has 0 saturated carbocycles. The number of carboxylic acids is 1. The van der Waals surface area contributed by atoms with Crippen molar-refractivity contribution < 1.29 is 14.7 Å². The molecule has 1 amide bonds. The van der Waals surface area contributed by atoms with Gasteiger partial charge in [-0.1, -0.05) is 0 Å². The van der Waals surface area contributed by atoms with Crippen LogP contribution in [-0.4, -0.2) is 64.3 Å². The first-order valence-corrected chi connectivity index (χ1v) is 8.48. The molecule has 0 radical (unpaired) electrons. The van der Waals surface area contributed by atoms with E-state index in [1.165, 1.54) is 17.2 Å². The number of carbonyl (C=O) groups excluding carboxylic acids is 1. The molecule has 2 N–H and O–H groups in total. The van der Waals surface area contributed by atoms with Crippen LogP contribution in [0.5, 0.6) is 0 Å². The number of likely N-dealkylation sites (tertiary alicyclic amines) is 1. The summed E-state index contributed by atoms with van der Waals surface area (Å²) in [6.07, 6.45) is 5.81. The van der Waals surface area contributed by atoms with Crippen LogP contribution in [-0.2, 0) is 11.3 Å². The number of rotatable bonds is 4. The average molecular weight is 371 g/mol. The molecule has 4 heterocycles. The van der Waals surface area contributed by atoms with Crippen molar-refractivity contribution in [2.45, 2.75) is 25.3 Å². The van der Waals surface area contributed by atoms with E-state index >= 15 is 0 Å². The highest BCUT2D eigenvalue weighted by Gasteiger charge is 2.28. The number of aromatic amines is 1. The largest absolute Gasteiger partial charge is 0.480 e. The Balaban J connectivity index is 1.54. The van der Waals surface area contributed by atoms with Crippen molar-refractivity contribution >= 4 is 17.7 Å². The second-order valence-electron chi connectivity index (χ2n) is 6.42. The first kappa shape index (κ1) is 16.9. The maximum atomic E-state index is 12.8. The summed E-state index contributed by atoms with van der Waals surface area (Å²) in [5.41, 5.74) is 0.233. The summed E-state index contributed by atoms with van der Waals surface area (Å²) in [5.74, 6) is -1.15. The summed E-state index contributed by atoms with van der Waals surface area (Å²) in [6.45, 7) is 0.742. The second kappa shape index (κ2) is 6.67. The quantitative estimate of drug-likeness (QED) is 0.643. The van der Waals surface area contributed by atoms with E-state index in [1.807, 2.05) is 0 Å². The molecular weight excluding hydrogens is 354 g/mol. The molecule has 0 spiro atoms. The number of hydrogen-bond acceptors (Lipinski definition) is 6. The van der Waals surface area contributed by atoms with Gasteiger partial charge in [0.15, 0.2) is 0 Å². The molecule has 11 nitrogen and oxygen atoms in total. The highest BCUT2D eigenvalue weighted by molar-refractivity contribution is 5.93. The van der Waals surface area contributed by atoms with E-state index in [1.54, 1.807) is 17.2 Å². The lowest BCUT2D eigenvalue weighted by Crippen LogP contribution is -2.41. The van der Waals surface area contributed by atoms with Gasteiger partial charge in [-0.3, -0.25) is 24.2 Å². The van der Waals surface area contributed by atoms with Crippen LogP contribution >= 0.6 is 0 Å². The molecule has 0 aromatic carbocycles. The van der Waals surface area contributed by atoms with Gasteiger partial charge in [0.2, 0.25) is 0 Å². The number of carbonyl (C=O) groups is 2. The van der Waals surface area contributed by atoms with Gasteiger partial charge in [-0.2, -0.15) is 9.61 Å². The smallest absolute Gasteiger partial charge is 0.325 e. The highest BCUT2D eigenvalue weighted by Crippen LogP contribution is 2.26. The van der Waals surface area contributed by atoms with Crippen LogP contribution in [0.1, 0.15) is 34.8 Å². The fourth-order valence-corrected chi connectivity index (χ4v) is 3.34. The number of hydrogen-bond donors (Lipinski definition) is 2. The van der Waals surface area contributed by atoms with Crippen LogP contribution < -0.4 is 5.56 Å². The Morgan fingerprint density at radius 3 is 3.00 bits per heavy atom. The number of aliphatic carboxylic acids is 1. The number of fused-ring (bicyclic) bond motifs is 1. The maximum Gasteiger partial charge on any atom is 0.325 e. The lowest BCUT2D eigenvalue weighted by Gasteiger charge is -2.31. The lowest BCUT2D eigenvalue weighted by atomic mass is 9.94. The minimum absolute atomic E-state index is 0.00987. The van der Waals surface area contributed by atoms with Gasteiger partial charge in [-0.15, -0.1) is 0 Å². The predicted octanol–water partition coefficient (Wildman–Crippen LogP) is -0.281. The first-order valence-electron chi connectivity index (χ1n) is 8.48. The molecule has 27 heavy (non-hydrogen) atoms. The monoisotopic (exact) mass is 371 g/mol. The van der Waals surface area contributed by atoms with Crippen LogP contribution in [0.15, 0.2) is 29.6 Å². The maximum absolute atomic E-state index is 12.8. The fraction of sp³-hybridized carbons (Fsp3) is 0.375. The average Bonchev–Trinajstić information content (AvgIpc) is 3.31. The van der Waals surface area contributed by atoms with Gasteiger partial charge < -0.3 is 10.0 Å². The molecule has 1 aliphatic heterocycles. The van der Waals surface area contributed by atoms with Crippen molar-refractivity contribution in [2.24, 2.45) is 0 Å². The van der Waals surface area contributed by atoms with Crippen LogP contribution in [0.4, 0.5) is 0 Å². The molecule has 3 aromatic rings. The van der Waals surface area contributed by atoms with E-state index in [4.69, 9.17) is 5.11 Å². The van der Waals surface area contributed by atoms with Gasteiger partial charge in [0.05, 0.1) is 5.69 Å². The zero-order valence-corrected chi connectivity index (χ0v) is 14.3. The number of H-pyrrole nitrogens is 1. The topological polar surface area (TPSA) is 138 Å². The van der Waals surface area contributed by atoms with E-state index in [2.05, 4.69) is 20.2 Å². The van der Waals surface area contributed by atoms with Crippen molar-refractivity contribution in [3.05, 3.63) is 46.4 Å². The third-order valence-electron chi connectivity index (χ3n) is 4.63. The van der Waals surface area contributed by atoms with Crippen LogP contribution in [0.3, 0.4) is 0 Å². The zero-order chi connectivity index (χ0) is 19.0. The van der Waals surface area contributed by atoms with Gasteiger partial charge in [-0.25, -0.2) is 9.97 Å². The van der Waals surface area contributed by atoms with Gasteiger partial charge in [-0.05, 0) is 18.9 Å². The normalized spacial score (nSPS) is 17.3. The Hall–Kier alpha value is -3.50. The molecule has 11 heteroatoms. The van der Waals surface area contributed by atoms with E-state index in [9.17, 15) is 14.4 Å². The van der Waals surface area contributed by atoms with Gasteiger partial charge in [0.1, 0.15) is 18.4 Å². The van der Waals surface area contributed by atoms with Crippen LogP contribution in [0, 0.1) is 0 Å². The molecule has 0 aliphatic carbocycles. The zero-order valence-electron chi connectivity index (χ0n) is 14.3. The SMILES string of the molecule is O=C(O)Cn1ccc(C2CCCN(C(=O)c3cnc4nc[nH]n4c3=O)C2)n1. The summed E-state index contributed by atoms with van der Waals surface area (Å²) < 4.78 is 2.49. The highest BCUT2D eigenvalue weighted by atomic mass is 16.4. The summed E-state index contributed by atoms with van der Waals surface area (Å²) in [4.78, 5) is 45.6. The number of nitrogens with one attached hydrogen (secondary N) is 1. The second-order valence-corrected chi connectivity index (χ2v) is 6.42.